The molecule has 1 rings (SSSR count). The molecular formula is C11H12F3N3O4. The molecule has 7 nitrogen and oxygen atoms in total. The van der Waals surface area contributed by atoms with E-state index in [1.165, 1.54) is 0 Å². The Morgan fingerprint density at radius 3 is 2.43 bits per heavy atom. The van der Waals surface area contributed by atoms with E-state index < -0.39 is 36.5 Å². The van der Waals surface area contributed by atoms with Crippen LogP contribution in [-0.2, 0) is 11.0 Å². The van der Waals surface area contributed by atoms with Crippen molar-refractivity contribution in [3.8, 4) is 0 Å². The number of amides is 2. The zero-order chi connectivity index (χ0) is 16.0. The van der Waals surface area contributed by atoms with Crippen LogP contribution in [0.25, 0.3) is 0 Å². The summed E-state index contributed by atoms with van der Waals surface area (Å²) in [4.78, 5) is 25.3. The predicted octanol–water partition coefficient (Wildman–Crippen LogP) is 1.06. The number of rotatable bonds is 5. The number of pyridine rings is 1. The van der Waals surface area contributed by atoms with E-state index in [9.17, 15) is 22.8 Å². The number of nitrogens with one attached hydrogen (secondary N) is 2. The largest absolute Gasteiger partial charge is 0.480 e. The van der Waals surface area contributed by atoms with Gasteiger partial charge < -0.3 is 20.8 Å². The van der Waals surface area contributed by atoms with Crippen LogP contribution >= 0.6 is 0 Å². The first-order valence-electron chi connectivity index (χ1n) is 5.68. The number of carboxylic acid groups (broad SMARTS) is 1. The van der Waals surface area contributed by atoms with Crippen molar-refractivity contribution in [1.82, 2.24) is 10.3 Å². The number of hydrogen-bond acceptors (Lipinski definition) is 4. The van der Waals surface area contributed by atoms with Crippen molar-refractivity contribution in [3.63, 3.8) is 0 Å². The number of carbonyl (C=O) groups is 2. The first kappa shape index (κ1) is 16.7. The normalized spacial score (nSPS) is 12.6. The number of nitrogens with zero attached hydrogens (tertiary/aromatic N) is 1. The third-order valence-electron chi connectivity index (χ3n) is 2.33. The maximum Gasteiger partial charge on any atom is 0.433 e. The van der Waals surface area contributed by atoms with Crippen LogP contribution in [0.4, 0.5) is 23.7 Å². The summed E-state index contributed by atoms with van der Waals surface area (Å²) in [5, 5.41) is 21.6. The molecule has 0 saturated carbocycles. The molecule has 0 fully saturated rings. The molecule has 2 amide bonds. The van der Waals surface area contributed by atoms with E-state index in [0.29, 0.717) is 6.07 Å². The van der Waals surface area contributed by atoms with E-state index in [1.54, 1.807) is 0 Å². The number of carboxylic acids is 1. The second kappa shape index (κ2) is 6.88. The topological polar surface area (TPSA) is 112 Å². The van der Waals surface area contributed by atoms with Crippen LogP contribution in [0.5, 0.6) is 0 Å². The Morgan fingerprint density at radius 2 is 2.00 bits per heavy atom. The minimum atomic E-state index is -4.59. The Labute approximate surface area is 116 Å². The molecule has 0 saturated heterocycles. The van der Waals surface area contributed by atoms with Crippen LogP contribution in [0.1, 0.15) is 12.1 Å². The lowest BCUT2D eigenvalue weighted by atomic mass is 10.2. The zero-order valence-corrected chi connectivity index (χ0v) is 10.5. The molecule has 1 heterocycles. The van der Waals surface area contributed by atoms with E-state index in [1.807, 2.05) is 0 Å². The molecule has 0 aliphatic carbocycles. The minimum absolute atomic E-state index is 0.0337. The number of anilines is 1. The van der Waals surface area contributed by atoms with Crippen molar-refractivity contribution >= 4 is 17.7 Å². The number of aliphatic carboxylic acids is 1. The summed E-state index contributed by atoms with van der Waals surface area (Å²) < 4.78 is 36.8. The Kier molecular flexibility index (Phi) is 5.47. The molecule has 10 heteroatoms. The van der Waals surface area contributed by atoms with Gasteiger partial charge in [0.05, 0.1) is 11.9 Å². The Hall–Kier alpha value is -2.36. The van der Waals surface area contributed by atoms with Crippen LogP contribution < -0.4 is 10.6 Å². The van der Waals surface area contributed by atoms with Gasteiger partial charge in [-0.1, -0.05) is 0 Å². The average Bonchev–Trinajstić information content (AvgIpc) is 2.37. The highest BCUT2D eigenvalue weighted by Gasteiger charge is 2.32. The number of halogens is 3. The third kappa shape index (κ3) is 5.26. The molecule has 0 bridgehead atoms. The van der Waals surface area contributed by atoms with Crippen molar-refractivity contribution < 1.29 is 33.0 Å². The molecule has 0 radical (unpaired) electrons. The van der Waals surface area contributed by atoms with Gasteiger partial charge in [-0.25, -0.2) is 14.6 Å². The summed E-state index contributed by atoms with van der Waals surface area (Å²) in [5.41, 5.74) is -1.15. The number of carbonyl (C=O) groups excluding carboxylic acids is 1. The van der Waals surface area contributed by atoms with Gasteiger partial charge >= 0.3 is 18.2 Å². The Balaban J connectivity index is 2.64. The lowest BCUT2D eigenvalue weighted by Crippen LogP contribution is -2.43. The molecule has 1 atom stereocenters. The molecule has 0 spiro atoms. The second-order valence-electron chi connectivity index (χ2n) is 3.93. The summed E-state index contributed by atoms with van der Waals surface area (Å²) >= 11 is 0. The van der Waals surface area contributed by atoms with Gasteiger partial charge in [-0.2, -0.15) is 13.2 Å². The second-order valence-corrected chi connectivity index (χ2v) is 3.93. The summed E-state index contributed by atoms with van der Waals surface area (Å²) in [6.07, 6.45) is -3.99. The van der Waals surface area contributed by atoms with E-state index in [-0.39, 0.29) is 12.1 Å². The number of alkyl halides is 3. The number of hydrogen-bond donors (Lipinski definition) is 4. The van der Waals surface area contributed by atoms with E-state index in [0.717, 1.165) is 12.3 Å². The van der Waals surface area contributed by atoms with Gasteiger partial charge in [-0.05, 0) is 12.1 Å². The molecule has 0 aliphatic heterocycles. The quantitative estimate of drug-likeness (QED) is 0.650. The predicted molar refractivity (Wildman–Crippen MR) is 64.5 cm³/mol. The van der Waals surface area contributed by atoms with Gasteiger partial charge in [0.25, 0.3) is 0 Å². The average molecular weight is 307 g/mol. The molecule has 0 aliphatic rings. The van der Waals surface area contributed by atoms with Crippen molar-refractivity contribution in [1.29, 1.82) is 0 Å². The number of aliphatic hydroxyl groups is 1. The molecular weight excluding hydrogens is 295 g/mol. The molecule has 1 unspecified atom stereocenters. The van der Waals surface area contributed by atoms with Gasteiger partial charge in [0.2, 0.25) is 0 Å². The third-order valence-corrected chi connectivity index (χ3v) is 2.33. The highest BCUT2D eigenvalue weighted by Crippen LogP contribution is 2.27. The van der Waals surface area contributed by atoms with Crippen LogP contribution in [0.3, 0.4) is 0 Å². The summed E-state index contributed by atoms with van der Waals surface area (Å²) in [6, 6.07) is -0.579. The monoisotopic (exact) mass is 307 g/mol. The van der Waals surface area contributed by atoms with Gasteiger partial charge in [0.1, 0.15) is 11.7 Å². The Bertz CT molecular complexity index is 504. The van der Waals surface area contributed by atoms with Crippen molar-refractivity contribution in [3.05, 3.63) is 24.0 Å². The summed E-state index contributed by atoms with van der Waals surface area (Å²) in [7, 11) is 0. The van der Waals surface area contributed by atoms with Gasteiger partial charge in [0.15, 0.2) is 0 Å². The highest BCUT2D eigenvalue weighted by atomic mass is 19.4. The fourth-order valence-electron chi connectivity index (χ4n) is 1.35. The standard InChI is InChI=1S/C11H12F3N3O4/c12-11(13,14)8-2-1-6(5-15-8)16-10(21)17-7(3-4-18)9(19)20/h1-2,5,7,18H,3-4H2,(H,19,20)(H2,16,17,21). The van der Waals surface area contributed by atoms with Gasteiger partial charge in [0, 0.05) is 13.0 Å². The number of aromatic nitrogens is 1. The van der Waals surface area contributed by atoms with Crippen LogP contribution in [0.2, 0.25) is 0 Å². The minimum Gasteiger partial charge on any atom is -0.480 e. The smallest absolute Gasteiger partial charge is 0.433 e. The van der Waals surface area contributed by atoms with Gasteiger partial charge in [-0.15, -0.1) is 0 Å². The molecule has 4 N–H and O–H groups in total. The van der Waals surface area contributed by atoms with Crippen LogP contribution in [-0.4, -0.2) is 39.8 Å². The molecule has 21 heavy (non-hydrogen) atoms. The first-order valence-corrected chi connectivity index (χ1v) is 5.68. The zero-order valence-electron chi connectivity index (χ0n) is 10.5. The fraction of sp³-hybridized carbons (Fsp3) is 0.364. The molecule has 1 aromatic rings. The van der Waals surface area contributed by atoms with E-state index in [2.05, 4.69) is 15.6 Å². The van der Waals surface area contributed by atoms with Crippen molar-refractivity contribution in [2.45, 2.75) is 18.6 Å². The fourth-order valence-corrected chi connectivity index (χ4v) is 1.35. The maximum absolute atomic E-state index is 12.3. The molecule has 116 valence electrons. The summed E-state index contributed by atoms with van der Waals surface area (Å²) in [5.74, 6) is -1.34. The lowest BCUT2D eigenvalue weighted by molar-refractivity contribution is -0.141. The first-order chi connectivity index (χ1) is 9.74. The highest BCUT2D eigenvalue weighted by molar-refractivity contribution is 5.92. The van der Waals surface area contributed by atoms with Crippen molar-refractivity contribution in [2.24, 2.45) is 0 Å². The number of aliphatic hydroxyl groups excluding tert-OH is 1. The molecule has 0 aromatic carbocycles. The van der Waals surface area contributed by atoms with E-state index in [4.69, 9.17) is 10.2 Å². The lowest BCUT2D eigenvalue weighted by Gasteiger charge is -2.14. The van der Waals surface area contributed by atoms with Crippen molar-refractivity contribution in [2.75, 3.05) is 11.9 Å². The SMILES string of the molecule is O=C(Nc1ccc(C(F)(F)F)nc1)NC(CCO)C(=O)O. The van der Waals surface area contributed by atoms with E-state index >= 15 is 0 Å². The van der Waals surface area contributed by atoms with Crippen LogP contribution in [0, 0.1) is 0 Å². The van der Waals surface area contributed by atoms with Crippen LogP contribution in [0.15, 0.2) is 18.3 Å². The maximum atomic E-state index is 12.3. The number of urea groups is 1. The molecule has 1 aromatic heterocycles. The van der Waals surface area contributed by atoms with Gasteiger partial charge in [-0.3, -0.25) is 0 Å². The summed E-state index contributed by atoms with van der Waals surface area (Å²) in [6.45, 7) is -0.445. The Morgan fingerprint density at radius 1 is 1.33 bits per heavy atom.